The van der Waals surface area contributed by atoms with Crippen molar-refractivity contribution in [3.8, 4) is 0 Å². The van der Waals surface area contributed by atoms with Crippen LogP contribution >= 0.6 is 0 Å². The van der Waals surface area contributed by atoms with Gasteiger partial charge in [-0.25, -0.2) is 0 Å². The maximum Gasteiger partial charge on any atom is 0.421 e. The number of anilines is 1. The standard InChI is InChI=1S/C26H23F6N3O3/c1-16-9-6-7-13-20(16)22(36)35-24(25(27,28)29,26(30,31)32)21(17(2)33-15-19-12-8-14-38-19)23(37)34-18-10-4-3-5-11-18/h3-14,21H,15H2,1-2H3,(H,34,37)(H,35,36)/t21-/m1/s1. The molecule has 3 aromatic rings. The van der Waals surface area contributed by atoms with E-state index in [1.165, 1.54) is 67.8 Å². The van der Waals surface area contributed by atoms with Gasteiger partial charge >= 0.3 is 12.4 Å². The summed E-state index contributed by atoms with van der Waals surface area (Å²) < 4.78 is 93.2. The van der Waals surface area contributed by atoms with Crippen LogP contribution in [-0.4, -0.2) is 35.4 Å². The van der Waals surface area contributed by atoms with Crippen LogP contribution in [0.4, 0.5) is 32.0 Å². The van der Waals surface area contributed by atoms with Crippen molar-refractivity contribution in [2.45, 2.75) is 38.3 Å². The summed E-state index contributed by atoms with van der Waals surface area (Å²) in [5, 5.41) is 3.25. The second-order valence-electron chi connectivity index (χ2n) is 8.40. The zero-order chi connectivity index (χ0) is 28.1. The van der Waals surface area contributed by atoms with Crippen molar-refractivity contribution in [1.82, 2.24) is 5.32 Å². The lowest BCUT2D eigenvalue weighted by Crippen LogP contribution is -2.74. The predicted octanol–water partition coefficient (Wildman–Crippen LogP) is 6.10. The van der Waals surface area contributed by atoms with E-state index in [1.54, 1.807) is 6.07 Å². The molecule has 0 fully saturated rings. The fraction of sp³-hybridized carbons (Fsp3) is 0.269. The quantitative estimate of drug-likeness (QED) is 0.268. The van der Waals surface area contributed by atoms with Crippen molar-refractivity contribution in [3.63, 3.8) is 0 Å². The fourth-order valence-corrected chi connectivity index (χ4v) is 3.91. The van der Waals surface area contributed by atoms with E-state index in [0.29, 0.717) is 0 Å². The molecule has 0 bridgehead atoms. The molecule has 0 spiro atoms. The van der Waals surface area contributed by atoms with Crippen LogP contribution < -0.4 is 10.6 Å². The summed E-state index contributed by atoms with van der Waals surface area (Å²) in [4.78, 5) is 30.0. The topological polar surface area (TPSA) is 83.7 Å². The number of benzene rings is 2. The molecule has 0 aliphatic carbocycles. The summed E-state index contributed by atoms with van der Waals surface area (Å²) in [5.74, 6) is -6.23. The molecule has 0 radical (unpaired) electrons. The average Bonchev–Trinajstić information content (AvgIpc) is 3.35. The molecular weight excluding hydrogens is 516 g/mol. The first kappa shape index (κ1) is 28.5. The molecule has 3 rings (SSSR count). The summed E-state index contributed by atoms with van der Waals surface area (Å²) in [5.41, 5.74) is -6.19. The van der Waals surface area contributed by atoms with Gasteiger partial charge in [0.25, 0.3) is 5.91 Å². The first-order valence-corrected chi connectivity index (χ1v) is 11.2. The molecule has 202 valence electrons. The minimum atomic E-state index is -6.18. The molecule has 0 aliphatic rings. The van der Waals surface area contributed by atoms with E-state index in [4.69, 9.17) is 4.42 Å². The lowest BCUT2D eigenvalue weighted by atomic mass is 9.77. The Morgan fingerprint density at radius 1 is 0.895 bits per heavy atom. The van der Waals surface area contributed by atoms with E-state index in [9.17, 15) is 35.9 Å². The third-order valence-electron chi connectivity index (χ3n) is 5.81. The highest BCUT2D eigenvalue weighted by atomic mass is 19.4. The number of carbonyl (C=O) groups is 2. The van der Waals surface area contributed by atoms with Crippen LogP contribution in [0.15, 0.2) is 82.4 Å². The van der Waals surface area contributed by atoms with Gasteiger partial charge in [0, 0.05) is 17.0 Å². The predicted molar refractivity (Wildman–Crippen MR) is 128 cm³/mol. The zero-order valence-electron chi connectivity index (χ0n) is 20.2. The second kappa shape index (κ2) is 11.1. The third-order valence-corrected chi connectivity index (χ3v) is 5.81. The van der Waals surface area contributed by atoms with Crippen molar-refractivity contribution in [2.75, 3.05) is 5.32 Å². The van der Waals surface area contributed by atoms with Crippen molar-refractivity contribution >= 4 is 23.2 Å². The van der Waals surface area contributed by atoms with Crippen LogP contribution in [0.3, 0.4) is 0 Å². The Hall–Kier alpha value is -4.09. The monoisotopic (exact) mass is 539 g/mol. The minimum absolute atomic E-state index is 0.0511. The summed E-state index contributed by atoms with van der Waals surface area (Å²) in [6, 6.07) is 15.1. The summed E-state index contributed by atoms with van der Waals surface area (Å²) in [6.07, 6.45) is -11.1. The molecule has 2 amide bonds. The number of furan rings is 1. The molecule has 0 unspecified atom stereocenters. The van der Waals surface area contributed by atoms with E-state index in [-0.39, 0.29) is 17.0 Å². The number of aliphatic imine (C=N–C) groups is 1. The Morgan fingerprint density at radius 3 is 2.05 bits per heavy atom. The molecule has 0 saturated heterocycles. The van der Waals surface area contributed by atoms with Gasteiger partial charge in [-0.3, -0.25) is 14.6 Å². The Bertz CT molecular complexity index is 1270. The van der Waals surface area contributed by atoms with Crippen LogP contribution in [0.5, 0.6) is 0 Å². The Labute approximate surface area is 213 Å². The third kappa shape index (κ3) is 5.90. The molecule has 1 heterocycles. The number of aryl methyl sites for hydroxylation is 1. The molecular formula is C26H23F6N3O3. The number of alkyl halides is 6. The minimum Gasteiger partial charge on any atom is -0.467 e. The first-order chi connectivity index (χ1) is 17.8. The lowest BCUT2D eigenvalue weighted by Gasteiger charge is -2.42. The van der Waals surface area contributed by atoms with Crippen molar-refractivity contribution in [1.29, 1.82) is 0 Å². The molecule has 0 aliphatic heterocycles. The molecule has 38 heavy (non-hydrogen) atoms. The van der Waals surface area contributed by atoms with Crippen molar-refractivity contribution in [2.24, 2.45) is 10.9 Å². The molecule has 6 nitrogen and oxygen atoms in total. The Kier molecular flexibility index (Phi) is 8.33. The molecule has 1 atom stereocenters. The average molecular weight is 539 g/mol. The van der Waals surface area contributed by atoms with Gasteiger partial charge in [-0.2, -0.15) is 26.3 Å². The number of hydrogen-bond acceptors (Lipinski definition) is 4. The highest BCUT2D eigenvalue weighted by molar-refractivity contribution is 6.10. The Morgan fingerprint density at radius 2 is 1.50 bits per heavy atom. The maximum atomic E-state index is 14.7. The van der Waals surface area contributed by atoms with Crippen LogP contribution in [-0.2, 0) is 11.3 Å². The van der Waals surface area contributed by atoms with Crippen LogP contribution in [0.1, 0.15) is 28.6 Å². The number of carbonyl (C=O) groups excluding carboxylic acids is 2. The molecule has 0 saturated carbocycles. The van der Waals surface area contributed by atoms with E-state index in [0.717, 1.165) is 18.3 Å². The van der Waals surface area contributed by atoms with E-state index in [1.807, 2.05) is 0 Å². The smallest absolute Gasteiger partial charge is 0.421 e. The number of nitrogens with zero attached hydrogens (tertiary/aromatic N) is 1. The largest absolute Gasteiger partial charge is 0.467 e. The summed E-state index contributed by atoms with van der Waals surface area (Å²) >= 11 is 0. The number of hydrogen-bond donors (Lipinski definition) is 2. The van der Waals surface area contributed by atoms with Gasteiger partial charge in [0.15, 0.2) is 0 Å². The van der Waals surface area contributed by atoms with Crippen molar-refractivity contribution < 1.29 is 40.3 Å². The van der Waals surface area contributed by atoms with Gasteiger partial charge in [0.05, 0.1) is 12.8 Å². The van der Waals surface area contributed by atoms with Crippen LogP contribution in [0.2, 0.25) is 0 Å². The van der Waals surface area contributed by atoms with E-state index >= 15 is 0 Å². The SMILES string of the molecule is CC(=NCc1ccco1)[C@H](C(=O)Nc1ccccc1)C(NC(=O)c1ccccc1C)(C(F)(F)F)C(F)(F)F. The highest BCUT2D eigenvalue weighted by Crippen LogP contribution is 2.49. The van der Waals surface area contributed by atoms with E-state index < -0.39 is 53.4 Å². The van der Waals surface area contributed by atoms with Gasteiger partial charge in [0.1, 0.15) is 11.7 Å². The fourth-order valence-electron chi connectivity index (χ4n) is 3.91. The number of rotatable bonds is 8. The van der Waals surface area contributed by atoms with Gasteiger partial charge in [-0.1, -0.05) is 36.4 Å². The number of para-hydroxylation sites is 1. The van der Waals surface area contributed by atoms with Gasteiger partial charge in [0.2, 0.25) is 11.4 Å². The normalized spacial score (nSPS) is 13.6. The molecule has 2 N–H and O–H groups in total. The Balaban J connectivity index is 2.21. The summed E-state index contributed by atoms with van der Waals surface area (Å²) in [6.45, 7) is 1.78. The van der Waals surface area contributed by atoms with Crippen LogP contribution in [0.25, 0.3) is 0 Å². The molecule has 12 heteroatoms. The number of nitrogens with one attached hydrogen (secondary N) is 2. The molecule has 2 aromatic carbocycles. The lowest BCUT2D eigenvalue weighted by molar-refractivity contribution is -0.310. The van der Waals surface area contributed by atoms with Crippen LogP contribution in [0, 0.1) is 12.8 Å². The number of halogens is 6. The molecule has 1 aromatic heterocycles. The summed E-state index contributed by atoms with van der Waals surface area (Å²) in [7, 11) is 0. The van der Waals surface area contributed by atoms with Gasteiger partial charge in [-0.05, 0) is 49.7 Å². The zero-order valence-corrected chi connectivity index (χ0v) is 20.2. The van der Waals surface area contributed by atoms with Gasteiger partial charge < -0.3 is 15.1 Å². The van der Waals surface area contributed by atoms with Crippen molar-refractivity contribution in [3.05, 3.63) is 89.9 Å². The highest BCUT2D eigenvalue weighted by Gasteiger charge is 2.77. The van der Waals surface area contributed by atoms with Gasteiger partial charge in [-0.15, -0.1) is 0 Å². The second-order valence-corrected chi connectivity index (χ2v) is 8.40. The first-order valence-electron chi connectivity index (χ1n) is 11.2. The maximum absolute atomic E-state index is 14.7. The van der Waals surface area contributed by atoms with E-state index in [2.05, 4.69) is 10.3 Å². The number of amides is 2.